The third kappa shape index (κ3) is 4.47. The number of fused-ring (bicyclic) bond motifs is 2. The molecule has 3 nitrogen and oxygen atoms in total. The highest BCUT2D eigenvalue weighted by atomic mass is 16.4. The molecule has 0 aliphatic heterocycles. The van der Waals surface area contributed by atoms with Gasteiger partial charge in [-0.3, -0.25) is 0 Å². The van der Waals surface area contributed by atoms with E-state index in [0.29, 0.717) is 12.1 Å². The van der Waals surface area contributed by atoms with Gasteiger partial charge in [0.1, 0.15) is 0 Å². The first-order chi connectivity index (χ1) is 14.2. The van der Waals surface area contributed by atoms with Crippen molar-refractivity contribution >= 4 is 11.5 Å². The smallest absolute Gasteiger partial charge is 0.335 e. The number of nitrogens with one attached hydrogen (secondary N) is 1. The van der Waals surface area contributed by atoms with Crippen molar-refractivity contribution in [2.75, 3.05) is 6.54 Å². The van der Waals surface area contributed by atoms with Crippen LogP contribution in [0.15, 0.2) is 78.9 Å². The summed E-state index contributed by atoms with van der Waals surface area (Å²) in [4.78, 5) is 11.1. The molecule has 0 bridgehead atoms. The molecule has 0 unspecified atom stereocenters. The minimum atomic E-state index is -0.887. The average molecular weight is 383 g/mol. The normalized spacial score (nSPS) is 12.6. The number of carboxylic acids is 1. The maximum Gasteiger partial charge on any atom is 0.335 e. The van der Waals surface area contributed by atoms with Gasteiger partial charge in [-0.05, 0) is 71.3 Å². The first kappa shape index (κ1) is 19.2. The van der Waals surface area contributed by atoms with Gasteiger partial charge in [0, 0.05) is 6.54 Å². The van der Waals surface area contributed by atoms with E-state index in [2.05, 4.69) is 59.9 Å². The quantitative estimate of drug-likeness (QED) is 0.583. The molecule has 0 saturated carbocycles. The van der Waals surface area contributed by atoms with Crippen molar-refractivity contribution in [3.63, 3.8) is 0 Å². The predicted octanol–water partition coefficient (Wildman–Crippen LogP) is 5.10. The van der Waals surface area contributed by atoms with E-state index in [4.69, 9.17) is 5.11 Å². The fraction of sp³-hybridized carbons (Fsp3) is 0.192. The molecule has 3 aromatic rings. The van der Waals surface area contributed by atoms with Crippen LogP contribution in [-0.2, 0) is 19.4 Å². The van der Waals surface area contributed by atoms with Crippen LogP contribution < -0.4 is 5.32 Å². The fourth-order valence-electron chi connectivity index (χ4n) is 4.00. The molecule has 0 spiro atoms. The molecule has 29 heavy (non-hydrogen) atoms. The summed E-state index contributed by atoms with van der Waals surface area (Å²) in [5.41, 5.74) is 8.14. The van der Waals surface area contributed by atoms with Gasteiger partial charge < -0.3 is 10.4 Å². The van der Waals surface area contributed by atoms with Gasteiger partial charge in [0.15, 0.2) is 0 Å². The Morgan fingerprint density at radius 1 is 0.897 bits per heavy atom. The molecular weight excluding hydrogens is 358 g/mol. The predicted molar refractivity (Wildman–Crippen MR) is 117 cm³/mol. The van der Waals surface area contributed by atoms with Gasteiger partial charge in [0.05, 0.1) is 5.56 Å². The molecular formula is C26H25NO2. The van der Waals surface area contributed by atoms with E-state index < -0.39 is 5.97 Å². The van der Waals surface area contributed by atoms with Crippen LogP contribution in [0.25, 0.3) is 5.57 Å². The van der Waals surface area contributed by atoms with E-state index in [1.54, 1.807) is 18.2 Å². The number of hydrogen-bond acceptors (Lipinski definition) is 2. The monoisotopic (exact) mass is 383 g/mol. The number of aromatic carboxylic acids is 1. The van der Waals surface area contributed by atoms with Crippen LogP contribution in [0, 0.1) is 0 Å². The topological polar surface area (TPSA) is 49.3 Å². The SMILES string of the molecule is O=C(O)c1cccc(CNCCC=C2c3ccccc3CCc3ccccc32)c1. The van der Waals surface area contributed by atoms with Crippen molar-refractivity contribution in [2.45, 2.75) is 25.8 Å². The average Bonchev–Trinajstić information content (AvgIpc) is 2.91. The number of carboxylic acid groups (broad SMARTS) is 1. The number of benzene rings is 3. The van der Waals surface area contributed by atoms with Crippen molar-refractivity contribution in [1.29, 1.82) is 0 Å². The Balaban J connectivity index is 1.47. The van der Waals surface area contributed by atoms with Gasteiger partial charge >= 0.3 is 5.97 Å². The summed E-state index contributed by atoms with van der Waals surface area (Å²) >= 11 is 0. The summed E-state index contributed by atoms with van der Waals surface area (Å²) in [7, 11) is 0. The van der Waals surface area contributed by atoms with Crippen LogP contribution in [0.4, 0.5) is 0 Å². The highest BCUT2D eigenvalue weighted by molar-refractivity contribution is 5.87. The molecule has 2 N–H and O–H groups in total. The van der Waals surface area contributed by atoms with Gasteiger partial charge in [-0.15, -0.1) is 0 Å². The van der Waals surface area contributed by atoms with E-state index in [0.717, 1.165) is 31.4 Å². The lowest BCUT2D eigenvalue weighted by atomic mass is 9.93. The van der Waals surface area contributed by atoms with Crippen LogP contribution in [0.2, 0.25) is 0 Å². The zero-order valence-electron chi connectivity index (χ0n) is 16.4. The summed E-state index contributed by atoms with van der Waals surface area (Å²) in [5.74, 6) is -0.887. The maximum absolute atomic E-state index is 11.1. The summed E-state index contributed by atoms with van der Waals surface area (Å²) < 4.78 is 0. The molecule has 0 aromatic heterocycles. The highest BCUT2D eigenvalue weighted by Gasteiger charge is 2.16. The van der Waals surface area contributed by atoms with Crippen molar-refractivity contribution in [3.8, 4) is 0 Å². The van der Waals surface area contributed by atoms with E-state index in [-0.39, 0.29) is 0 Å². The summed E-state index contributed by atoms with van der Waals surface area (Å²) in [6.07, 6.45) is 5.39. The van der Waals surface area contributed by atoms with E-state index >= 15 is 0 Å². The van der Waals surface area contributed by atoms with Gasteiger partial charge in [-0.1, -0.05) is 66.7 Å². The molecule has 1 aliphatic carbocycles. The van der Waals surface area contributed by atoms with Gasteiger partial charge in [-0.2, -0.15) is 0 Å². The summed E-state index contributed by atoms with van der Waals surface area (Å²) in [5, 5.41) is 12.6. The maximum atomic E-state index is 11.1. The van der Waals surface area contributed by atoms with Crippen molar-refractivity contribution in [2.24, 2.45) is 0 Å². The molecule has 0 heterocycles. The Labute approximate surface area is 171 Å². The van der Waals surface area contributed by atoms with E-state index in [9.17, 15) is 4.79 Å². The second-order valence-corrected chi connectivity index (χ2v) is 7.40. The van der Waals surface area contributed by atoms with Crippen LogP contribution in [-0.4, -0.2) is 17.6 Å². The van der Waals surface area contributed by atoms with Crippen molar-refractivity contribution in [3.05, 3.63) is 112 Å². The van der Waals surface area contributed by atoms with Crippen LogP contribution in [0.1, 0.15) is 44.6 Å². The highest BCUT2D eigenvalue weighted by Crippen LogP contribution is 2.33. The molecule has 0 saturated heterocycles. The Bertz CT molecular complexity index is 1000. The molecule has 0 fully saturated rings. The first-order valence-corrected chi connectivity index (χ1v) is 10.1. The molecule has 3 aromatic carbocycles. The Hall–Kier alpha value is -3.17. The minimum absolute atomic E-state index is 0.332. The molecule has 146 valence electrons. The van der Waals surface area contributed by atoms with Gasteiger partial charge in [-0.25, -0.2) is 4.79 Å². The molecule has 3 heteroatoms. The fourth-order valence-corrected chi connectivity index (χ4v) is 4.00. The molecule has 1 aliphatic rings. The lowest BCUT2D eigenvalue weighted by Crippen LogP contribution is -2.14. The van der Waals surface area contributed by atoms with Crippen LogP contribution in [0.5, 0.6) is 0 Å². The van der Waals surface area contributed by atoms with Crippen LogP contribution in [0.3, 0.4) is 0 Å². The lowest BCUT2D eigenvalue weighted by Gasteiger charge is -2.12. The van der Waals surface area contributed by atoms with E-state index in [1.807, 2.05) is 6.07 Å². The Morgan fingerprint density at radius 3 is 2.21 bits per heavy atom. The zero-order chi connectivity index (χ0) is 20.1. The van der Waals surface area contributed by atoms with Gasteiger partial charge in [0.25, 0.3) is 0 Å². The zero-order valence-corrected chi connectivity index (χ0v) is 16.4. The lowest BCUT2D eigenvalue weighted by molar-refractivity contribution is 0.0696. The second kappa shape index (κ2) is 8.89. The molecule has 4 rings (SSSR count). The number of hydrogen-bond donors (Lipinski definition) is 2. The summed E-state index contributed by atoms with van der Waals surface area (Å²) in [6, 6.07) is 24.5. The Kier molecular flexibility index (Phi) is 5.87. The molecule has 0 radical (unpaired) electrons. The number of aryl methyl sites for hydroxylation is 2. The van der Waals surface area contributed by atoms with Crippen molar-refractivity contribution in [1.82, 2.24) is 5.32 Å². The first-order valence-electron chi connectivity index (χ1n) is 10.1. The number of rotatable bonds is 6. The Morgan fingerprint density at radius 2 is 1.55 bits per heavy atom. The summed E-state index contributed by atoms with van der Waals surface area (Å²) in [6.45, 7) is 1.50. The number of carbonyl (C=O) groups is 1. The molecule has 0 amide bonds. The van der Waals surface area contributed by atoms with Crippen LogP contribution >= 0.6 is 0 Å². The third-order valence-electron chi connectivity index (χ3n) is 5.45. The third-order valence-corrected chi connectivity index (χ3v) is 5.45. The minimum Gasteiger partial charge on any atom is -0.478 e. The second-order valence-electron chi connectivity index (χ2n) is 7.40. The van der Waals surface area contributed by atoms with E-state index in [1.165, 1.54) is 27.8 Å². The van der Waals surface area contributed by atoms with Crippen molar-refractivity contribution < 1.29 is 9.90 Å². The largest absolute Gasteiger partial charge is 0.478 e. The molecule has 0 atom stereocenters. The van der Waals surface area contributed by atoms with Gasteiger partial charge in [0.2, 0.25) is 0 Å². The standard InChI is InChI=1S/C26H25NO2/c28-26(29)22-10-5-7-19(17-22)18-27-16-6-13-25-23-11-3-1-8-20(23)14-15-21-9-2-4-12-24(21)25/h1-5,7-13,17,27H,6,14-16,18H2,(H,28,29).